The van der Waals surface area contributed by atoms with Crippen molar-refractivity contribution in [3.8, 4) is 0 Å². The number of aliphatic hydroxyl groups excluding tert-OH is 1. The van der Waals surface area contributed by atoms with Gasteiger partial charge >= 0.3 is 5.97 Å². The Morgan fingerprint density at radius 2 is 2.00 bits per heavy atom. The summed E-state index contributed by atoms with van der Waals surface area (Å²) in [6.45, 7) is 4.08. The maximum absolute atomic E-state index is 12.8. The molecule has 1 fully saturated rings. The average Bonchev–Trinajstić information content (AvgIpc) is 2.55. The van der Waals surface area contributed by atoms with E-state index in [1.54, 1.807) is 31.2 Å². The summed E-state index contributed by atoms with van der Waals surface area (Å²) in [5, 5.41) is 10.1. The lowest BCUT2D eigenvalue weighted by molar-refractivity contribution is -0.143. The second-order valence-corrected chi connectivity index (χ2v) is 8.35. The van der Waals surface area contributed by atoms with E-state index in [1.807, 2.05) is 6.92 Å². The Morgan fingerprint density at radius 3 is 2.54 bits per heavy atom. The molecule has 0 saturated carbocycles. The molecule has 0 amide bonds. The Morgan fingerprint density at radius 1 is 1.38 bits per heavy atom. The van der Waals surface area contributed by atoms with E-state index in [1.165, 1.54) is 11.4 Å². The fraction of sp³-hybridized carbons (Fsp3) is 0.588. The SMILES string of the molecule is COC(=O)CC1CCN(S(=O)(=O)c2ccc(C)cc2)CC1C(C)O. The van der Waals surface area contributed by atoms with Gasteiger partial charge in [-0.15, -0.1) is 0 Å². The molecule has 0 aliphatic carbocycles. The summed E-state index contributed by atoms with van der Waals surface area (Å²) < 4.78 is 31.7. The Labute approximate surface area is 143 Å². The summed E-state index contributed by atoms with van der Waals surface area (Å²) in [4.78, 5) is 11.8. The molecule has 3 atom stereocenters. The second-order valence-electron chi connectivity index (χ2n) is 6.41. The molecule has 7 heteroatoms. The number of aliphatic hydroxyl groups is 1. The van der Waals surface area contributed by atoms with E-state index in [-0.39, 0.29) is 35.7 Å². The molecule has 1 saturated heterocycles. The molecule has 1 aromatic rings. The Bertz CT molecular complexity index is 669. The normalized spacial score (nSPS) is 23.7. The molecule has 1 aliphatic heterocycles. The van der Waals surface area contributed by atoms with Crippen LogP contribution in [-0.4, -0.2) is 50.1 Å². The molecule has 24 heavy (non-hydrogen) atoms. The molecule has 1 heterocycles. The molecule has 0 aromatic heterocycles. The van der Waals surface area contributed by atoms with Gasteiger partial charge in [-0.2, -0.15) is 4.31 Å². The number of benzene rings is 1. The zero-order valence-corrected chi connectivity index (χ0v) is 15.1. The van der Waals surface area contributed by atoms with Gasteiger partial charge in [0, 0.05) is 25.4 Å². The summed E-state index contributed by atoms with van der Waals surface area (Å²) in [7, 11) is -2.27. The van der Waals surface area contributed by atoms with Crippen LogP contribution in [0.5, 0.6) is 0 Å². The lowest BCUT2D eigenvalue weighted by Gasteiger charge is -2.38. The highest BCUT2D eigenvalue weighted by Crippen LogP contribution is 2.32. The first-order chi connectivity index (χ1) is 11.3. The third-order valence-electron chi connectivity index (χ3n) is 4.70. The van der Waals surface area contributed by atoms with Crippen LogP contribution >= 0.6 is 0 Å². The number of carbonyl (C=O) groups excluding carboxylic acids is 1. The van der Waals surface area contributed by atoms with E-state index in [4.69, 9.17) is 4.74 Å². The molecule has 1 aliphatic rings. The molecule has 0 bridgehead atoms. The number of hydrogen-bond acceptors (Lipinski definition) is 5. The zero-order chi connectivity index (χ0) is 17.9. The highest BCUT2D eigenvalue weighted by atomic mass is 32.2. The third-order valence-corrected chi connectivity index (χ3v) is 6.58. The molecule has 2 rings (SSSR count). The summed E-state index contributed by atoms with van der Waals surface area (Å²) in [6.07, 6.45) is 0.0240. The quantitative estimate of drug-likeness (QED) is 0.811. The zero-order valence-electron chi connectivity index (χ0n) is 14.3. The topological polar surface area (TPSA) is 83.9 Å². The van der Waals surface area contributed by atoms with Crippen LogP contribution in [0.4, 0.5) is 0 Å². The van der Waals surface area contributed by atoms with Gasteiger partial charge in [0.2, 0.25) is 10.0 Å². The van der Waals surface area contributed by atoms with Gasteiger partial charge in [-0.25, -0.2) is 8.42 Å². The van der Waals surface area contributed by atoms with Gasteiger partial charge in [-0.1, -0.05) is 17.7 Å². The van der Waals surface area contributed by atoms with Crippen molar-refractivity contribution in [2.45, 2.75) is 37.7 Å². The van der Waals surface area contributed by atoms with E-state index in [0.717, 1.165) is 5.56 Å². The maximum Gasteiger partial charge on any atom is 0.305 e. The molecule has 1 aromatic carbocycles. The molecular weight excluding hydrogens is 330 g/mol. The predicted molar refractivity (Wildman–Crippen MR) is 89.8 cm³/mol. The number of sulfonamides is 1. The van der Waals surface area contributed by atoms with Crippen molar-refractivity contribution in [3.63, 3.8) is 0 Å². The van der Waals surface area contributed by atoms with Crippen molar-refractivity contribution in [3.05, 3.63) is 29.8 Å². The van der Waals surface area contributed by atoms with Crippen molar-refractivity contribution in [2.24, 2.45) is 11.8 Å². The summed E-state index contributed by atoms with van der Waals surface area (Å²) in [5.41, 5.74) is 0.993. The second kappa shape index (κ2) is 7.63. The standard InChI is InChI=1S/C17H25NO5S/c1-12-4-6-15(7-5-12)24(21,22)18-9-8-14(10-17(20)23-3)16(11-18)13(2)19/h4-7,13-14,16,19H,8-11H2,1-3H3. The van der Waals surface area contributed by atoms with Crippen molar-refractivity contribution >= 4 is 16.0 Å². The van der Waals surface area contributed by atoms with Crippen LogP contribution in [0.1, 0.15) is 25.3 Å². The number of aryl methyl sites for hydroxylation is 1. The highest BCUT2D eigenvalue weighted by Gasteiger charge is 2.38. The van der Waals surface area contributed by atoms with E-state index < -0.39 is 16.1 Å². The predicted octanol–water partition coefficient (Wildman–Crippen LogP) is 1.57. The Kier molecular flexibility index (Phi) is 6.01. The summed E-state index contributed by atoms with van der Waals surface area (Å²) in [6, 6.07) is 6.73. The molecule has 6 nitrogen and oxygen atoms in total. The number of carbonyl (C=O) groups is 1. The minimum absolute atomic E-state index is 0.0816. The molecular formula is C17H25NO5S. The monoisotopic (exact) mass is 355 g/mol. The highest BCUT2D eigenvalue weighted by molar-refractivity contribution is 7.89. The van der Waals surface area contributed by atoms with Crippen LogP contribution in [0.3, 0.4) is 0 Å². The maximum atomic E-state index is 12.8. The van der Waals surface area contributed by atoms with Gasteiger partial charge in [0.15, 0.2) is 0 Å². The van der Waals surface area contributed by atoms with Crippen molar-refractivity contribution in [1.29, 1.82) is 0 Å². The molecule has 134 valence electrons. The van der Waals surface area contributed by atoms with Crippen LogP contribution in [-0.2, 0) is 19.6 Å². The summed E-state index contributed by atoms with van der Waals surface area (Å²) >= 11 is 0. The van der Waals surface area contributed by atoms with Crippen LogP contribution in [0.15, 0.2) is 29.2 Å². The number of methoxy groups -OCH3 is 1. The first kappa shape index (κ1) is 18.9. The van der Waals surface area contributed by atoms with E-state index >= 15 is 0 Å². The van der Waals surface area contributed by atoms with Gasteiger partial charge < -0.3 is 9.84 Å². The van der Waals surface area contributed by atoms with E-state index in [9.17, 15) is 18.3 Å². The average molecular weight is 355 g/mol. The van der Waals surface area contributed by atoms with E-state index in [0.29, 0.717) is 13.0 Å². The van der Waals surface area contributed by atoms with Crippen molar-refractivity contribution in [1.82, 2.24) is 4.31 Å². The number of ether oxygens (including phenoxy) is 1. The van der Waals surface area contributed by atoms with Crippen molar-refractivity contribution < 1.29 is 23.1 Å². The minimum atomic E-state index is -3.60. The first-order valence-corrected chi connectivity index (χ1v) is 9.51. The summed E-state index contributed by atoms with van der Waals surface area (Å²) in [5.74, 6) is -0.708. The number of piperidine rings is 1. The number of rotatable bonds is 5. The van der Waals surface area contributed by atoms with Crippen LogP contribution in [0.2, 0.25) is 0 Å². The molecule has 3 unspecified atom stereocenters. The molecule has 0 spiro atoms. The number of hydrogen-bond donors (Lipinski definition) is 1. The number of esters is 1. The van der Waals surface area contributed by atoms with Crippen LogP contribution in [0.25, 0.3) is 0 Å². The van der Waals surface area contributed by atoms with Gasteiger partial charge in [0.25, 0.3) is 0 Å². The fourth-order valence-electron chi connectivity index (χ4n) is 3.17. The van der Waals surface area contributed by atoms with Gasteiger partial charge in [0.05, 0.1) is 18.1 Å². The van der Waals surface area contributed by atoms with Gasteiger partial charge in [-0.3, -0.25) is 4.79 Å². The lowest BCUT2D eigenvalue weighted by Crippen LogP contribution is -2.47. The Hall–Kier alpha value is -1.44. The smallest absolute Gasteiger partial charge is 0.305 e. The lowest BCUT2D eigenvalue weighted by atomic mass is 9.81. The molecule has 0 radical (unpaired) electrons. The van der Waals surface area contributed by atoms with E-state index in [2.05, 4.69) is 0 Å². The number of nitrogens with zero attached hydrogens (tertiary/aromatic N) is 1. The van der Waals surface area contributed by atoms with Gasteiger partial charge in [0.1, 0.15) is 0 Å². The minimum Gasteiger partial charge on any atom is -0.469 e. The van der Waals surface area contributed by atoms with Crippen LogP contribution < -0.4 is 0 Å². The third kappa shape index (κ3) is 4.15. The first-order valence-electron chi connectivity index (χ1n) is 8.07. The van der Waals surface area contributed by atoms with Crippen molar-refractivity contribution in [2.75, 3.05) is 20.2 Å². The Balaban J connectivity index is 2.19. The van der Waals surface area contributed by atoms with Crippen LogP contribution in [0, 0.1) is 18.8 Å². The van der Waals surface area contributed by atoms with Gasteiger partial charge in [-0.05, 0) is 38.3 Å². The molecule has 1 N–H and O–H groups in total. The fourth-order valence-corrected chi connectivity index (χ4v) is 4.67. The largest absolute Gasteiger partial charge is 0.469 e.